The third kappa shape index (κ3) is 6.56. The zero-order chi connectivity index (χ0) is 26.9. The van der Waals surface area contributed by atoms with Crippen LogP contribution < -0.4 is 30.5 Å². The Morgan fingerprint density at radius 2 is 1.50 bits per heavy atom. The second-order valence-electron chi connectivity index (χ2n) is 9.27. The Morgan fingerprint density at radius 1 is 0.816 bits per heavy atom. The van der Waals surface area contributed by atoms with E-state index in [2.05, 4.69) is 38.7 Å². The number of hydrogen-bond acceptors (Lipinski definition) is 5. The molecule has 0 aliphatic carbocycles. The van der Waals surface area contributed by atoms with E-state index < -0.39 is 0 Å². The molecule has 8 heteroatoms. The van der Waals surface area contributed by atoms with Crippen molar-refractivity contribution in [3.63, 3.8) is 0 Å². The normalized spacial score (nSPS) is 13.1. The van der Waals surface area contributed by atoms with Crippen LogP contribution in [0.4, 0.5) is 27.5 Å². The van der Waals surface area contributed by atoms with Crippen LogP contribution in [0.15, 0.2) is 66.7 Å². The SMILES string of the molecule is CCCNC(=O)c1cc(NC(=O)Nc2cccc(CC)c2)ccc1N1CCN(c2ccccc2OC)CC1. The Hall–Kier alpha value is -4.20. The number of aryl methyl sites for hydroxylation is 1. The molecule has 0 atom stereocenters. The molecule has 1 heterocycles. The number of piperazine rings is 1. The van der Waals surface area contributed by atoms with Crippen molar-refractivity contribution >= 4 is 34.7 Å². The van der Waals surface area contributed by atoms with Crippen LogP contribution >= 0.6 is 0 Å². The van der Waals surface area contributed by atoms with Gasteiger partial charge in [0.15, 0.2) is 0 Å². The lowest BCUT2D eigenvalue weighted by Gasteiger charge is -2.38. The molecule has 3 N–H and O–H groups in total. The predicted octanol–water partition coefficient (Wildman–Crippen LogP) is 5.37. The molecule has 0 bridgehead atoms. The maximum atomic E-state index is 13.1. The average molecular weight is 516 g/mol. The standard InChI is InChI=1S/C30H37N5O3/c1-4-15-31-29(36)25-21-24(33-30(37)32-23-10-8-9-22(5-2)20-23)13-14-26(25)34-16-18-35(19-17-34)27-11-6-7-12-28(27)38-3/h6-14,20-21H,4-5,15-19H2,1-3H3,(H,31,36)(H2,32,33,37). The molecular weight excluding hydrogens is 478 g/mol. The van der Waals surface area contributed by atoms with Gasteiger partial charge < -0.3 is 30.5 Å². The number of hydrogen-bond donors (Lipinski definition) is 3. The van der Waals surface area contributed by atoms with Crippen LogP contribution in [0.2, 0.25) is 0 Å². The van der Waals surface area contributed by atoms with Gasteiger partial charge in [-0.25, -0.2) is 4.79 Å². The molecule has 3 aromatic carbocycles. The zero-order valence-corrected chi connectivity index (χ0v) is 22.4. The van der Waals surface area contributed by atoms with Crippen LogP contribution in [0.1, 0.15) is 36.2 Å². The molecule has 1 fully saturated rings. The highest BCUT2D eigenvalue weighted by Gasteiger charge is 2.23. The Labute approximate surface area is 225 Å². The number of anilines is 4. The molecule has 0 saturated carbocycles. The fraction of sp³-hybridized carbons (Fsp3) is 0.333. The second kappa shape index (κ2) is 12.9. The number of amides is 3. The lowest BCUT2D eigenvalue weighted by Crippen LogP contribution is -2.47. The van der Waals surface area contributed by atoms with Crippen molar-refractivity contribution in [2.45, 2.75) is 26.7 Å². The molecule has 4 rings (SSSR count). The number of urea groups is 1. The van der Waals surface area contributed by atoms with Crippen LogP contribution in [0.3, 0.4) is 0 Å². The molecule has 1 saturated heterocycles. The van der Waals surface area contributed by atoms with Crippen molar-refractivity contribution in [2.75, 3.05) is 60.3 Å². The van der Waals surface area contributed by atoms with E-state index in [4.69, 9.17) is 4.74 Å². The van der Waals surface area contributed by atoms with Crippen LogP contribution in [0.25, 0.3) is 0 Å². The smallest absolute Gasteiger partial charge is 0.323 e. The Morgan fingerprint density at radius 3 is 2.18 bits per heavy atom. The largest absolute Gasteiger partial charge is 0.495 e. The molecule has 1 aliphatic rings. The molecule has 0 aromatic heterocycles. The predicted molar refractivity (Wildman–Crippen MR) is 155 cm³/mol. The summed E-state index contributed by atoms with van der Waals surface area (Å²) in [6, 6.07) is 21.0. The quantitative estimate of drug-likeness (QED) is 0.357. The highest BCUT2D eigenvalue weighted by Crippen LogP contribution is 2.31. The Kier molecular flexibility index (Phi) is 9.08. The minimum absolute atomic E-state index is 0.145. The van der Waals surface area contributed by atoms with Gasteiger partial charge in [-0.1, -0.05) is 38.1 Å². The summed E-state index contributed by atoms with van der Waals surface area (Å²) in [4.78, 5) is 30.4. The Balaban J connectivity index is 1.49. The van der Waals surface area contributed by atoms with Gasteiger partial charge in [0.2, 0.25) is 0 Å². The lowest BCUT2D eigenvalue weighted by molar-refractivity contribution is 0.0954. The average Bonchev–Trinajstić information content (AvgIpc) is 2.96. The topological polar surface area (TPSA) is 85.9 Å². The van der Waals surface area contributed by atoms with Gasteiger partial charge in [0.25, 0.3) is 5.91 Å². The third-order valence-electron chi connectivity index (χ3n) is 6.67. The lowest BCUT2D eigenvalue weighted by atomic mass is 10.1. The first-order valence-electron chi connectivity index (χ1n) is 13.2. The van der Waals surface area contributed by atoms with Gasteiger partial charge in [0.1, 0.15) is 5.75 Å². The molecule has 1 aliphatic heterocycles. The summed E-state index contributed by atoms with van der Waals surface area (Å²) in [5, 5.41) is 8.75. The van der Waals surface area contributed by atoms with E-state index in [1.807, 2.05) is 61.5 Å². The molecule has 0 unspecified atom stereocenters. The number of nitrogens with one attached hydrogen (secondary N) is 3. The van der Waals surface area contributed by atoms with Crippen molar-refractivity contribution in [3.05, 3.63) is 77.9 Å². The maximum absolute atomic E-state index is 13.1. The zero-order valence-electron chi connectivity index (χ0n) is 22.4. The van der Waals surface area contributed by atoms with Crippen LogP contribution in [0.5, 0.6) is 5.75 Å². The number of ether oxygens (including phenoxy) is 1. The first kappa shape index (κ1) is 26.9. The van der Waals surface area contributed by atoms with Gasteiger partial charge >= 0.3 is 6.03 Å². The fourth-order valence-corrected chi connectivity index (χ4v) is 4.65. The highest BCUT2D eigenvalue weighted by molar-refractivity contribution is 6.04. The monoisotopic (exact) mass is 515 g/mol. The molecule has 3 amide bonds. The van der Waals surface area contributed by atoms with Crippen molar-refractivity contribution in [1.29, 1.82) is 0 Å². The van der Waals surface area contributed by atoms with Crippen molar-refractivity contribution in [3.8, 4) is 5.75 Å². The molecule has 38 heavy (non-hydrogen) atoms. The number of para-hydroxylation sites is 2. The van der Waals surface area contributed by atoms with Crippen LogP contribution in [-0.2, 0) is 6.42 Å². The van der Waals surface area contributed by atoms with E-state index in [-0.39, 0.29) is 11.9 Å². The molecule has 200 valence electrons. The summed E-state index contributed by atoms with van der Waals surface area (Å²) < 4.78 is 5.54. The number of rotatable bonds is 9. The van der Waals surface area contributed by atoms with E-state index in [1.165, 1.54) is 0 Å². The van der Waals surface area contributed by atoms with Gasteiger partial charge in [-0.05, 0) is 60.9 Å². The molecule has 3 aromatic rings. The summed E-state index contributed by atoms with van der Waals surface area (Å²) in [6.07, 6.45) is 1.73. The summed E-state index contributed by atoms with van der Waals surface area (Å²) in [5.74, 6) is 0.712. The second-order valence-corrected chi connectivity index (χ2v) is 9.27. The van der Waals surface area contributed by atoms with Crippen molar-refractivity contribution in [2.24, 2.45) is 0 Å². The summed E-state index contributed by atoms with van der Waals surface area (Å²) >= 11 is 0. The number of methoxy groups -OCH3 is 1. The number of nitrogens with zero attached hydrogens (tertiary/aromatic N) is 2. The van der Waals surface area contributed by atoms with E-state index in [0.717, 1.165) is 67.4 Å². The first-order chi connectivity index (χ1) is 18.5. The van der Waals surface area contributed by atoms with Crippen molar-refractivity contribution in [1.82, 2.24) is 5.32 Å². The van der Waals surface area contributed by atoms with Gasteiger partial charge in [-0.15, -0.1) is 0 Å². The van der Waals surface area contributed by atoms with E-state index in [9.17, 15) is 9.59 Å². The van der Waals surface area contributed by atoms with E-state index in [1.54, 1.807) is 13.2 Å². The number of carbonyl (C=O) groups is 2. The minimum atomic E-state index is -0.351. The van der Waals surface area contributed by atoms with Gasteiger partial charge in [-0.3, -0.25) is 4.79 Å². The number of benzene rings is 3. The minimum Gasteiger partial charge on any atom is -0.495 e. The summed E-state index contributed by atoms with van der Waals surface area (Å²) in [5.41, 5.74) is 4.92. The van der Waals surface area contributed by atoms with Crippen LogP contribution in [0, 0.1) is 0 Å². The Bertz CT molecular complexity index is 1250. The van der Waals surface area contributed by atoms with Gasteiger partial charge in [0, 0.05) is 49.8 Å². The molecule has 0 spiro atoms. The van der Waals surface area contributed by atoms with Gasteiger partial charge in [-0.2, -0.15) is 0 Å². The van der Waals surface area contributed by atoms with Crippen LogP contribution in [-0.4, -0.2) is 51.8 Å². The van der Waals surface area contributed by atoms with E-state index in [0.29, 0.717) is 17.8 Å². The third-order valence-corrected chi connectivity index (χ3v) is 6.67. The summed E-state index contributed by atoms with van der Waals surface area (Å²) in [6.45, 7) is 7.80. The maximum Gasteiger partial charge on any atom is 0.323 e. The molecule has 8 nitrogen and oxygen atoms in total. The molecule has 0 radical (unpaired) electrons. The number of carbonyl (C=O) groups excluding carboxylic acids is 2. The first-order valence-corrected chi connectivity index (χ1v) is 13.2. The van der Waals surface area contributed by atoms with Crippen molar-refractivity contribution < 1.29 is 14.3 Å². The molecular formula is C30H37N5O3. The summed E-state index contributed by atoms with van der Waals surface area (Å²) in [7, 11) is 1.69. The fourth-order valence-electron chi connectivity index (χ4n) is 4.65. The highest BCUT2D eigenvalue weighted by atomic mass is 16.5. The van der Waals surface area contributed by atoms with E-state index >= 15 is 0 Å². The van der Waals surface area contributed by atoms with Gasteiger partial charge in [0.05, 0.1) is 18.4 Å².